The molecule has 3 nitrogen and oxygen atoms in total. The molecule has 0 fully saturated rings. The third-order valence-electron chi connectivity index (χ3n) is 14.4. The number of para-hydroxylation sites is 2. The zero-order chi connectivity index (χ0) is 46.0. The van der Waals surface area contributed by atoms with Crippen molar-refractivity contribution in [1.29, 1.82) is 0 Å². The quantitative estimate of drug-likeness (QED) is 0.0904. The van der Waals surface area contributed by atoms with Gasteiger partial charge in [-0.3, -0.25) is 15.0 Å². The first-order valence-corrected chi connectivity index (χ1v) is 25.3. The number of nitrogens with zero attached hydrogens (tertiary/aromatic N) is 3. The van der Waals surface area contributed by atoms with Crippen LogP contribution in [0, 0.1) is 26.0 Å². The van der Waals surface area contributed by atoms with E-state index in [2.05, 4.69) is 178 Å². The largest absolute Gasteiger partial charge is 0.285 e. The Morgan fingerprint density at radius 2 is 1.33 bits per heavy atom. The van der Waals surface area contributed by atoms with E-state index in [0.717, 1.165) is 44.1 Å². The second kappa shape index (κ2) is 20.3. The van der Waals surface area contributed by atoms with Crippen molar-refractivity contribution >= 4 is 32.5 Å². The Balaban J connectivity index is 0.000000210. The van der Waals surface area contributed by atoms with Crippen LogP contribution in [-0.4, -0.2) is 15.0 Å². The fourth-order valence-electron chi connectivity index (χ4n) is 10.8. The van der Waals surface area contributed by atoms with Gasteiger partial charge in [-0.2, -0.15) is 11.3 Å². The molecule has 2 aliphatic rings. The molecule has 343 valence electrons. The Bertz CT molecular complexity index is 3390. The maximum absolute atomic E-state index is 5.29. The van der Waals surface area contributed by atoms with Crippen molar-refractivity contribution in [2.75, 3.05) is 0 Å². The molecule has 0 saturated carbocycles. The Morgan fingerprint density at radius 1 is 0.580 bits per heavy atom. The minimum atomic E-state index is 0. The third kappa shape index (κ3) is 9.17. The summed E-state index contributed by atoms with van der Waals surface area (Å²) in [5.41, 5.74) is 21.4. The van der Waals surface area contributed by atoms with Crippen LogP contribution in [0.5, 0.6) is 0 Å². The molecule has 2 aliphatic carbocycles. The number of aryl methyl sites for hydroxylation is 5. The normalized spacial score (nSPS) is 14.2. The molecule has 2 heterocycles. The van der Waals surface area contributed by atoms with Crippen LogP contribution in [0.3, 0.4) is 0 Å². The summed E-state index contributed by atoms with van der Waals surface area (Å²) in [5, 5.41) is 2.11. The van der Waals surface area contributed by atoms with Crippen LogP contribution < -0.4 is 0 Å². The first-order chi connectivity index (χ1) is 33.5. The predicted molar refractivity (Wildman–Crippen MR) is 285 cm³/mol. The standard InChI is InChI=1S/C45H43N2.C19H12NS.Ir/c1-4-5-26-45(27-11-10-15-32-20-21-33-22-23-34(33)28-32)39-18-8-6-16-36(39)38-29-35(24-25-40(38)45)44-46-41-19-9-7-17-37(41)43(47-44)42-30(2)13-12-14-31(42)3;1-2-7-14(8-3-1)15-9-6-10-16(13-15)19-20-17-11-4-5-12-18(17)21-19;/h6-9,12-14,16-21,25,28-29H,4-5,10-11,15,22-23,26-27H2,1-3H3;1-9,11-13H;/q2*-1;. The summed E-state index contributed by atoms with van der Waals surface area (Å²) >= 11 is 1.71. The van der Waals surface area contributed by atoms with Crippen molar-refractivity contribution < 1.29 is 20.1 Å². The van der Waals surface area contributed by atoms with Gasteiger partial charge in [0.05, 0.1) is 22.6 Å². The van der Waals surface area contributed by atoms with Gasteiger partial charge in [-0.05, 0) is 120 Å². The molecule has 0 spiro atoms. The SMILES string of the molecule is CCCCC1(CCCCc2ccc3c(c2)CC3)c2c[c-]c(-c3nc(-c4c(C)cccc4C)c4ccccc4n3)cc2-c2ccccc21.[Ir].[c-]1ccc(-c2ccccc2)cc1-c1nc2ccccc2s1. The van der Waals surface area contributed by atoms with Gasteiger partial charge in [0.15, 0.2) is 0 Å². The van der Waals surface area contributed by atoms with E-state index in [0.29, 0.717) is 0 Å². The number of benzene rings is 8. The average molecular weight is 1090 g/mol. The molecule has 10 aromatic rings. The van der Waals surface area contributed by atoms with Crippen LogP contribution in [0.25, 0.3) is 76.6 Å². The zero-order valence-electron chi connectivity index (χ0n) is 39.6. The van der Waals surface area contributed by atoms with Crippen molar-refractivity contribution in [3.8, 4) is 55.5 Å². The molecule has 0 saturated heterocycles. The number of hydrogen-bond acceptors (Lipinski definition) is 4. The van der Waals surface area contributed by atoms with Gasteiger partial charge in [-0.1, -0.05) is 153 Å². The fraction of sp³-hybridized carbons (Fsp3) is 0.203. The van der Waals surface area contributed by atoms with E-state index in [1.165, 1.54) is 118 Å². The summed E-state index contributed by atoms with van der Waals surface area (Å²) < 4.78 is 1.21. The third-order valence-corrected chi connectivity index (χ3v) is 15.5. The van der Waals surface area contributed by atoms with E-state index in [1.807, 2.05) is 24.3 Å². The summed E-state index contributed by atoms with van der Waals surface area (Å²) in [6.45, 7) is 6.68. The van der Waals surface area contributed by atoms with E-state index in [-0.39, 0.29) is 25.5 Å². The van der Waals surface area contributed by atoms with Crippen LogP contribution in [0.1, 0.15) is 84.4 Å². The van der Waals surface area contributed by atoms with E-state index < -0.39 is 0 Å². The van der Waals surface area contributed by atoms with Gasteiger partial charge >= 0.3 is 0 Å². The molecule has 8 aromatic carbocycles. The molecule has 5 heteroatoms. The smallest absolute Gasteiger partial charge is 0.0763 e. The first-order valence-electron chi connectivity index (χ1n) is 24.5. The molecule has 2 aromatic heterocycles. The fourth-order valence-corrected chi connectivity index (χ4v) is 11.7. The van der Waals surface area contributed by atoms with Gasteiger partial charge in [-0.25, -0.2) is 0 Å². The molecule has 0 amide bonds. The van der Waals surface area contributed by atoms with Crippen LogP contribution in [-0.2, 0) is 44.8 Å². The van der Waals surface area contributed by atoms with Crippen molar-refractivity contribution in [3.05, 3.63) is 221 Å². The Labute approximate surface area is 425 Å². The molecule has 12 rings (SSSR count). The van der Waals surface area contributed by atoms with Gasteiger partial charge in [-0.15, -0.1) is 64.7 Å². The number of hydrogen-bond donors (Lipinski definition) is 0. The second-order valence-electron chi connectivity index (χ2n) is 18.7. The van der Waals surface area contributed by atoms with Crippen LogP contribution in [0.4, 0.5) is 0 Å². The molecule has 0 aliphatic heterocycles. The van der Waals surface area contributed by atoms with Gasteiger partial charge < -0.3 is 0 Å². The van der Waals surface area contributed by atoms with Crippen molar-refractivity contribution in [3.63, 3.8) is 0 Å². The minimum absolute atomic E-state index is 0. The van der Waals surface area contributed by atoms with E-state index >= 15 is 0 Å². The average Bonchev–Trinajstić information content (AvgIpc) is 3.93. The van der Waals surface area contributed by atoms with Crippen molar-refractivity contribution in [1.82, 2.24) is 15.0 Å². The van der Waals surface area contributed by atoms with Crippen LogP contribution in [0.15, 0.2) is 170 Å². The van der Waals surface area contributed by atoms with Gasteiger partial charge in [0.2, 0.25) is 0 Å². The molecule has 0 bridgehead atoms. The van der Waals surface area contributed by atoms with E-state index in [9.17, 15) is 0 Å². The van der Waals surface area contributed by atoms with Crippen molar-refractivity contribution in [2.45, 2.75) is 84.0 Å². The Hall–Kier alpha value is -6.36. The summed E-state index contributed by atoms with van der Waals surface area (Å²) in [5.74, 6) is 0.742. The molecular weight excluding hydrogens is 1040 g/mol. The summed E-state index contributed by atoms with van der Waals surface area (Å²) in [7, 11) is 0. The molecule has 0 N–H and O–H groups in total. The summed E-state index contributed by atoms with van der Waals surface area (Å²) in [6.07, 6.45) is 10.9. The minimum Gasteiger partial charge on any atom is -0.285 e. The first kappa shape index (κ1) is 46.4. The van der Waals surface area contributed by atoms with Crippen LogP contribution in [0.2, 0.25) is 0 Å². The predicted octanol–water partition coefficient (Wildman–Crippen LogP) is 16.8. The maximum atomic E-state index is 5.29. The molecule has 1 atom stereocenters. The molecule has 69 heavy (non-hydrogen) atoms. The van der Waals surface area contributed by atoms with Gasteiger partial charge in [0, 0.05) is 40.8 Å². The second-order valence-corrected chi connectivity index (χ2v) is 19.8. The van der Waals surface area contributed by atoms with Crippen molar-refractivity contribution in [2.24, 2.45) is 0 Å². The number of unbranched alkanes of at least 4 members (excludes halogenated alkanes) is 2. The van der Waals surface area contributed by atoms with E-state index in [4.69, 9.17) is 15.0 Å². The summed E-state index contributed by atoms with van der Waals surface area (Å²) in [4.78, 5) is 15.1. The molecular formula is C64H55IrN3S-2. The van der Waals surface area contributed by atoms with Crippen LogP contribution >= 0.6 is 11.3 Å². The monoisotopic (exact) mass is 1090 g/mol. The topological polar surface area (TPSA) is 38.7 Å². The molecule has 1 radical (unpaired) electrons. The van der Waals surface area contributed by atoms with Gasteiger partial charge in [0.25, 0.3) is 0 Å². The number of fused-ring (bicyclic) bond motifs is 6. The zero-order valence-corrected chi connectivity index (χ0v) is 42.8. The number of thiazole rings is 1. The molecule has 1 unspecified atom stereocenters. The Kier molecular flexibility index (Phi) is 13.6. The van der Waals surface area contributed by atoms with E-state index in [1.54, 1.807) is 22.5 Å². The Morgan fingerprint density at radius 3 is 2.13 bits per heavy atom. The number of aromatic nitrogens is 3. The van der Waals surface area contributed by atoms with Gasteiger partial charge in [0.1, 0.15) is 0 Å². The maximum Gasteiger partial charge on any atom is 0.0763 e. The number of rotatable bonds is 12. The summed E-state index contributed by atoms with van der Waals surface area (Å²) in [6, 6.07) is 67.8.